The number of carbonyl (C=O) groups excluding carboxylic acids is 1. The maximum Gasteiger partial charge on any atom is 0.226 e. The van der Waals surface area contributed by atoms with E-state index in [0.29, 0.717) is 56.1 Å². The Balaban J connectivity index is 1.13. The molecular formula is C24H23FN4O3. The van der Waals surface area contributed by atoms with Gasteiger partial charge in [-0.1, -0.05) is 23.4 Å². The van der Waals surface area contributed by atoms with Crippen molar-refractivity contribution in [3.63, 3.8) is 0 Å². The van der Waals surface area contributed by atoms with Crippen LogP contribution in [-0.4, -0.2) is 34.2 Å². The van der Waals surface area contributed by atoms with E-state index >= 15 is 0 Å². The zero-order chi connectivity index (χ0) is 22.2. The molecule has 0 aliphatic carbocycles. The first-order valence-electron chi connectivity index (χ1n) is 10.5. The normalized spacial score (nSPS) is 10.9. The molecule has 2 heterocycles. The smallest absolute Gasteiger partial charge is 0.226 e. The van der Waals surface area contributed by atoms with Gasteiger partial charge in [0.05, 0.1) is 6.61 Å². The van der Waals surface area contributed by atoms with Gasteiger partial charge >= 0.3 is 0 Å². The van der Waals surface area contributed by atoms with E-state index in [1.54, 1.807) is 18.3 Å². The fraction of sp³-hybridized carbons (Fsp3) is 0.250. The second kappa shape index (κ2) is 10.5. The Morgan fingerprint density at radius 2 is 1.91 bits per heavy atom. The predicted molar refractivity (Wildman–Crippen MR) is 117 cm³/mol. The molecule has 0 radical (unpaired) electrons. The van der Waals surface area contributed by atoms with Crippen molar-refractivity contribution in [2.75, 3.05) is 13.2 Å². The Bertz CT molecular complexity index is 1170. The number of para-hydroxylation sites is 1. The Labute approximate surface area is 184 Å². The summed E-state index contributed by atoms with van der Waals surface area (Å²) in [6, 6.07) is 15.6. The van der Waals surface area contributed by atoms with E-state index in [2.05, 4.69) is 20.4 Å². The summed E-state index contributed by atoms with van der Waals surface area (Å²) >= 11 is 0. The van der Waals surface area contributed by atoms with Gasteiger partial charge in [0, 0.05) is 36.5 Å². The van der Waals surface area contributed by atoms with Crippen molar-refractivity contribution in [1.29, 1.82) is 0 Å². The molecule has 1 amide bonds. The van der Waals surface area contributed by atoms with Gasteiger partial charge in [-0.3, -0.25) is 9.78 Å². The molecule has 0 saturated heterocycles. The summed E-state index contributed by atoms with van der Waals surface area (Å²) < 4.78 is 24.0. The highest BCUT2D eigenvalue weighted by atomic mass is 19.1. The molecule has 32 heavy (non-hydrogen) atoms. The van der Waals surface area contributed by atoms with Crippen LogP contribution in [0, 0.1) is 5.82 Å². The van der Waals surface area contributed by atoms with Gasteiger partial charge in [0.1, 0.15) is 17.1 Å². The van der Waals surface area contributed by atoms with Gasteiger partial charge in [-0.25, -0.2) is 4.39 Å². The van der Waals surface area contributed by atoms with Gasteiger partial charge < -0.3 is 14.6 Å². The van der Waals surface area contributed by atoms with Crippen LogP contribution in [0.4, 0.5) is 4.39 Å². The molecule has 0 saturated carbocycles. The highest BCUT2D eigenvalue weighted by Crippen LogP contribution is 2.23. The Morgan fingerprint density at radius 3 is 2.78 bits per heavy atom. The lowest BCUT2D eigenvalue weighted by Crippen LogP contribution is -2.25. The fourth-order valence-electron chi connectivity index (χ4n) is 3.24. The first-order chi connectivity index (χ1) is 15.7. The molecule has 0 bridgehead atoms. The molecule has 0 fully saturated rings. The molecule has 4 rings (SSSR count). The van der Waals surface area contributed by atoms with Crippen molar-refractivity contribution in [3.8, 4) is 17.1 Å². The predicted octanol–water partition coefficient (Wildman–Crippen LogP) is 4.33. The summed E-state index contributed by atoms with van der Waals surface area (Å²) in [7, 11) is 0. The topological polar surface area (TPSA) is 90.1 Å². The molecular weight excluding hydrogens is 411 g/mol. The van der Waals surface area contributed by atoms with Crippen LogP contribution in [0.3, 0.4) is 0 Å². The molecule has 2 aromatic heterocycles. The van der Waals surface area contributed by atoms with Gasteiger partial charge in [0.25, 0.3) is 0 Å². The number of carbonyl (C=O) groups is 1. The minimum absolute atomic E-state index is 0.0323. The zero-order valence-corrected chi connectivity index (χ0v) is 17.5. The third kappa shape index (κ3) is 5.66. The highest BCUT2D eigenvalue weighted by molar-refractivity contribution is 5.84. The number of aromatic nitrogens is 3. The number of aryl methyl sites for hydroxylation is 1. The van der Waals surface area contributed by atoms with Crippen molar-refractivity contribution in [2.45, 2.75) is 25.7 Å². The van der Waals surface area contributed by atoms with Crippen LogP contribution in [-0.2, 0) is 11.2 Å². The number of hydrogen-bond acceptors (Lipinski definition) is 6. The fourth-order valence-corrected chi connectivity index (χ4v) is 3.24. The molecule has 4 aromatic rings. The van der Waals surface area contributed by atoms with Gasteiger partial charge in [0.2, 0.25) is 17.6 Å². The minimum atomic E-state index is -0.319. The first kappa shape index (κ1) is 21.4. The van der Waals surface area contributed by atoms with Crippen molar-refractivity contribution in [2.24, 2.45) is 0 Å². The standard InChI is InChI=1S/C24H23FN4O3/c25-19-12-10-18(11-13-19)24-28-22(32-29-24)9-2-8-21(30)26-15-4-16-31-20-7-1-5-17-6-3-14-27-23(17)20/h1,3,5-7,10-14H,2,4,8-9,15-16H2,(H,26,30). The summed E-state index contributed by atoms with van der Waals surface area (Å²) in [5.41, 5.74) is 1.52. The number of nitrogens with zero attached hydrogens (tertiary/aromatic N) is 3. The largest absolute Gasteiger partial charge is 0.491 e. The lowest BCUT2D eigenvalue weighted by atomic mass is 10.2. The number of benzene rings is 2. The van der Waals surface area contributed by atoms with E-state index in [0.717, 1.165) is 16.7 Å². The number of amides is 1. The summed E-state index contributed by atoms with van der Waals surface area (Å²) in [6.07, 6.45) is 3.89. The summed E-state index contributed by atoms with van der Waals surface area (Å²) in [6.45, 7) is 1.02. The van der Waals surface area contributed by atoms with Crippen LogP contribution in [0.5, 0.6) is 5.75 Å². The summed E-state index contributed by atoms with van der Waals surface area (Å²) in [5, 5.41) is 7.82. The van der Waals surface area contributed by atoms with Crippen LogP contribution < -0.4 is 10.1 Å². The minimum Gasteiger partial charge on any atom is -0.491 e. The Hall–Kier alpha value is -3.81. The molecule has 164 valence electrons. The average Bonchev–Trinajstić information content (AvgIpc) is 3.28. The molecule has 0 aliphatic rings. The summed E-state index contributed by atoms with van der Waals surface area (Å²) in [5.74, 6) is 1.25. The van der Waals surface area contributed by atoms with Gasteiger partial charge in [-0.2, -0.15) is 4.98 Å². The number of halogens is 1. The van der Waals surface area contributed by atoms with Gasteiger partial charge in [-0.15, -0.1) is 0 Å². The maximum atomic E-state index is 13.0. The number of rotatable bonds is 10. The van der Waals surface area contributed by atoms with Crippen LogP contribution in [0.2, 0.25) is 0 Å². The van der Waals surface area contributed by atoms with E-state index < -0.39 is 0 Å². The summed E-state index contributed by atoms with van der Waals surface area (Å²) in [4.78, 5) is 20.7. The molecule has 0 unspecified atom stereocenters. The van der Waals surface area contributed by atoms with Crippen molar-refractivity contribution in [1.82, 2.24) is 20.4 Å². The van der Waals surface area contributed by atoms with Crippen LogP contribution in [0.1, 0.15) is 25.2 Å². The first-order valence-corrected chi connectivity index (χ1v) is 10.5. The van der Waals surface area contributed by atoms with Crippen molar-refractivity contribution in [3.05, 3.63) is 72.5 Å². The third-order valence-electron chi connectivity index (χ3n) is 4.86. The zero-order valence-electron chi connectivity index (χ0n) is 17.5. The SMILES string of the molecule is O=C(CCCc1nc(-c2ccc(F)cc2)no1)NCCCOc1cccc2cccnc12. The third-order valence-corrected chi connectivity index (χ3v) is 4.86. The number of nitrogens with one attached hydrogen (secondary N) is 1. The van der Waals surface area contributed by atoms with E-state index in [4.69, 9.17) is 9.26 Å². The Morgan fingerprint density at radius 1 is 1.06 bits per heavy atom. The molecule has 7 nitrogen and oxygen atoms in total. The van der Waals surface area contributed by atoms with Crippen LogP contribution in [0.25, 0.3) is 22.3 Å². The lowest BCUT2D eigenvalue weighted by molar-refractivity contribution is -0.121. The van der Waals surface area contributed by atoms with Gasteiger partial charge in [0.15, 0.2) is 0 Å². The molecule has 2 aromatic carbocycles. The molecule has 8 heteroatoms. The average molecular weight is 434 g/mol. The van der Waals surface area contributed by atoms with Crippen LogP contribution >= 0.6 is 0 Å². The second-order valence-corrected chi connectivity index (χ2v) is 7.26. The molecule has 0 atom stereocenters. The second-order valence-electron chi connectivity index (χ2n) is 7.26. The van der Waals surface area contributed by atoms with Crippen molar-refractivity contribution < 1.29 is 18.4 Å². The molecule has 1 N–H and O–H groups in total. The van der Waals surface area contributed by atoms with E-state index in [1.165, 1.54) is 12.1 Å². The van der Waals surface area contributed by atoms with Crippen molar-refractivity contribution >= 4 is 16.8 Å². The van der Waals surface area contributed by atoms with Crippen LogP contribution in [0.15, 0.2) is 65.3 Å². The monoisotopic (exact) mass is 434 g/mol. The molecule has 0 aliphatic heterocycles. The lowest BCUT2D eigenvalue weighted by Gasteiger charge is -2.09. The number of hydrogen-bond donors (Lipinski definition) is 1. The quantitative estimate of drug-likeness (QED) is 0.374. The number of pyridine rings is 1. The van der Waals surface area contributed by atoms with E-state index in [9.17, 15) is 9.18 Å². The Kier molecular flexibility index (Phi) is 7.01. The van der Waals surface area contributed by atoms with E-state index in [1.807, 2.05) is 30.3 Å². The number of ether oxygens (including phenoxy) is 1. The van der Waals surface area contributed by atoms with Gasteiger partial charge in [-0.05, 0) is 49.2 Å². The molecule has 0 spiro atoms. The highest BCUT2D eigenvalue weighted by Gasteiger charge is 2.10. The maximum absolute atomic E-state index is 13.0. The van der Waals surface area contributed by atoms with E-state index in [-0.39, 0.29) is 11.7 Å². The number of fused-ring (bicyclic) bond motifs is 1.